The summed E-state index contributed by atoms with van der Waals surface area (Å²) in [4.78, 5) is 2.56. The number of hydrogen-bond acceptors (Lipinski definition) is 4. The van der Waals surface area contributed by atoms with Gasteiger partial charge < -0.3 is 8.83 Å². The molecule has 58 heavy (non-hydrogen) atoms. The quantitative estimate of drug-likeness (QED) is 0.167. The van der Waals surface area contributed by atoms with Crippen molar-refractivity contribution >= 4 is 108 Å². The van der Waals surface area contributed by atoms with E-state index in [4.69, 9.17) is 8.83 Å². The number of furan rings is 2. The van der Waals surface area contributed by atoms with Gasteiger partial charge >= 0.3 is 0 Å². The third kappa shape index (κ3) is 6.08. The first kappa shape index (κ1) is 35.9. The normalized spacial score (nSPS) is 11.7. The van der Waals surface area contributed by atoms with Gasteiger partial charge in [0.25, 0.3) is 0 Å². The van der Waals surface area contributed by atoms with Crippen LogP contribution in [0.3, 0.4) is 0 Å². The number of allylic oxidation sites excluding steroid dienone is 2. The summed E-state index contributed by atoms with van der Waals surface area (Å²) >= 11 is 3.68. The van der Waals surface area contributed by atoms with E-state index in [1.54, 1.807) is 0 Å². The van der Waals surface area contributed by atoms with Crippen molar-refractivity contribution in [2.75, 3.05) is 0 Å². The first-order valence-electron chi connectivity index (χ1n) is 20.0. The van der Waals surface area contributed by atoms with Gasteiger partial charge in [0.05, 0.1) is 0 Å². The molecule has 12 rings (SSSR count). The molecule has 0 unspecified atom stereocenters. The van der Waals surface area contributed by atoms with Gasteiger partial charge in [0.15, 0.2) is 0 Å². The second-order valence-corrected chi connectivity index (χ2v) is 16.5. The van der Waals surface area contributed by atoms with Crippen LogP contribution >= 0.6 is 22.7 Å². The van der Waals surface area contributed by atoms with E-state index < -0.39 is 0 Å². The maximum absolute atomic E-state index is 6.64. The Morgan fingerprint density at radius 3 is 1.19 bits per heavy atom. The fraction of sp³-hybridized carbons (Fsp3) is 0.0741. The summed E-state index contributed by atoms with van der Waals surface area (Å²) in [7, 11) is 0. The van der Waals surface area contributed by atoms with E-state index in [-0.39, 0.29) is 0 Å². The van der Waals surface area contributed by atoms with Gasteiger partial charge in [0, 0.05) is 51.5 Å². The van der Waals surface area contributed by atoms with Crippen LogP contribution in [-0.2, 0) is 0 Å². The lowest BCUT2D eigenvalue weighted by atomic mass is 10.00. The van der Waals surface area contributed by atoms with Gasteiger partial charge in [-0.1, -0.05) is 98.8 Å². The fourth-order valence-corrected chi connectivity index (χ4v) is 10.2. The molecule has 0 radical (unpaired) electrons. The van der Waals surface area contributed by atoms with E-state index in [1.165, 1.54) is 51.8 Å². The van der Waals surface area contributed by atoms with E-state index in [9.17, 15) is 0 Å². The van der Waals surface area contributed by atoms with Crippen molar-refractivity contribution in [3.63, 3.8) is 0 Å². The zero-order chi connectivity index (χ0) is 39.3. The second kappa shape index (κ2) is 14.8. The summed E-state index contributed by atoms with van der Waals surface area (Å²) in [5.74, 6) is 0. The molecule has 0 bridgehead atoms. The lowest BCUT2D eigenvalue weighted by Gasteiger charge is -2.03. The summed E-state index contributed by atoms with van der Waals surface area (Å²) in [6.45, 7) is 8.00. The first-order valence-corrected chi connectivity index (χ1v) is 21.6. The van der Waals surface area contributed by atoms with E-state index in [0.717, 1.165) is 65.8 Å². The Morgan fingerprint density at radius 2 is 0.759 bits per heavy atom. The molecule has 0 N–H and O–H groups in total. The first-order chi connectivity index (χ1) is 28.6. The van der Waals surface area contributed by atoms with Gasteiger partial charge in [-0.05, 0) is 143 Å². The van der Waals surface area contributed by atoms with E-state index in [2.05, 4.69) is 158 Å². The van der Waals surface area contributed by atoms with Crippen LogP contribution in [0.4, 0.5) is 0 Å². The maximum atomic E-state index is 6.64. The molecule has 4 aromatic heterocycles. The molecule has 0 fully saturated rings. The highest BCUT2D eigenvalue weighted by atomic mass is 32.1. The Hall–Kier alpha value is -6.46. The molecular weight excluding hydrogens is 745 g/mol. The molecule has 0 saturated carbocycles. The summed E-state index contributed by atoms with van der Waals surface area (Å²) < 4.78 is 15.9. The summed E-state index contributed by atoms with van der Waals surface area (Å²) in [5, 5.41) is 11.7. The highest BCUT2D eigenvalue weighted by Gasteiger charge is 2.16. The summed E-state index contributed by atoms with van der Waals surface area (Å²) in [5.41, 5.74) is 8.31. The van der Waals surface area contributed by atoms with Crippen LogP contribution in [0.5, 0.6) is 0 Å². The molecule has 8 aromatic carbocycles. The van der Waals surface area contributed by atoms with Crippen LogP contribution in [0.15, 0.2) is 179 Å². The van der Waals surface area contributed by atoms with Crippen molar-refractivity contribution in [2.24, 2.45) is 0 Å². The molecule has 12 aromatic rings. The van der Waals surface area contributed by atoms with Gasteiger partial charge in [-0.2, -0.15) is 0 Å². The molecule has 0 amide bonds. The van der Waals surface area contributed by atoms with E-state index in [0.29, 0.717) is 0 Å². The van der Waals surface area contributed by atoms with Gasteiger partial charge in [-0.3, -0.25) is 0 Å². The van der Waals surface area contributed by atoms with Crippen molar-refractivity contribution in [3.8, 4) is 32.0 Å². The van der Waals surface area contributed by atoms with Crippen LogP contribution in [0.25, 0.3) is 118 Å². The molecule has 0 aliphatic rings. The number of hydrogen-bond donors (Lipinski definition) is 0. The smallest absolute Gasteiger partial charge is 0.143 e. The van der Waals surface area contributed by atoms with Crippen LogP contribution in [0.2, 0.25) is 0 Å². The minimum absolute atomic E-state index is 0.888. The molecule has 0 atom stereocenters. The molecular formula is C54H40O2S2. The Kier molecular flexibility index (Phi) is 9.17. The molecule has 0 aliphatic heterocycles. The monoisotopic (exact) mass is 784 g/mol. The summed E-state index contributed by atoms with van der Waals surface area (Å²) in [6, 6.07) is 57.1. The summed E-state index contributed by atoms with van der Waals surface area (Å²) in [6.07, 6.45) is 4.00. The molecule has 0 aliphatic carbocycles. The standard InChI is InChI=1S/C48H26O2S2.C4H8.C2H6/c1-3-7-43-31(5-1)25-45(51-43)33-13-15-35-29(21-33)11-19-39-37-17-9-27(23-41(37)49-47(35)39)28-10-18-38-40-20-12-30-22-34(14-16-36(30)48(40)50-42(38)24-28)46-26-32-6-2-4-8-44(32)52-46;1-3-4-2;1-2/h1-26H;3-4H,1-2H3;1-2H3/b;4-3-;. The van der Waals surface area contributed by atoms with Crippen molar-refractivity contribution in [1.29, 1.82) is 0 Å². The van der Waals surface area contributed by atoms with Crippen molar-refractivity contribution in [2.45, 2.75) is 27.7 Å². The highest BCUT2D eigenvalue weighted by Crippen LogP contribution is 2.42. The van der Waals surface area contributed by atoms with Crippen LogP contribution in [0, 0.1) is 0 Å². The Balaban J connectivity index is 0.000000644. The maximum Gasteiger partial charge on any atom is 0.143 e. The van der Waals surface area contributed by atoms with Gasteiger partial charge in [0.1, 0.15) is 22.3 Å². The molecule has 0 saturated heterocycles. The molecule has 4 heteroatoms. The molecule has 0 spiro atoms. The largest absolute Gasteiger partial charge is 0.455 e. The minimum Gasteiger partial charge on any atom is -0.455 e. The predicted molar refractivity (Wildman–Crippen MR) is 255 cm³/mol. The lowest BCUT2D eigenvalue weighted by molar-refractivity contribution is 0.672. The predicted octanol–water partition coefficient (Wildman–Crippen LogP) is 17.8. The van der Waals surface area contributed by atoms with Crippen LogP contribution < -0.4 is 0 Å². The van der Waals surface area contributed by atoms with Gasteiger partial charge in [0.2, 0.25) is 0 Å². The Labute approximate surface area is 344 Å². The number of thiophene rings is 2. The van der Waals surface area contributed by atoms with Crippen molar-refractivity contribution < 1.29 is 8.83 Å². The lowest BCUT2D eigenvalue weighted by Crippen LogP contribution is -1.78. The van der Waals surface area contributed by atoms with Gasteiger partial charge in [-0.15, -0.1) is 22.7 Å². The highest BCUT2D eigenvalue weighted by molar-refractivity contribution is 7.22. The fourth-order valence-electron chi connectivity index (χ4n) is 8.04. The van der Waals surface area contributed by atoms with Gasteiger partial charge in [-0.25, -0.2) is 0 Å². The Morgan fingerprint density at radius 1 is 0.362 bits per heavy atom. The molecule has 280 valence electrons. The SMILES string of the molecule is C/C=C\C.CC.c1ccc2sc(-c3ccc4c(ccc5c6ccc(-c7ccc8c(c7)oc7c9ccc(-c%10cc%11ccccc%11s%10)cc9ccc87)cc6oc45)c3)cc2c1. The molecule has 4 heterocycles. The van der Waals surface area contributed by atoms with E-state index >= 15 is 0 Å². The van der Waals surface area contributed by atoms with Crippen molar-refractivity contribution in [1.82, 2.24) is 0 Å². The average Bonchev–Trinajstić information content (AvgIpc) is 4.08. The third-order valence-electron chi connectivity index (χ3n) is 11.0. The number of rotatable bonds is 3. The second-order valence-electron chi connectivity index (χ2n) is 14.3. The zero-order valence-electron chi connectivity index (χ0n) is 32.8. The zero-order valence-corrected chi connectivity index (χ0v) is 34.4. The Bertz CT molecular complexity index is 3210. The van der Waals surface area contributed by atoms with Crippen LogP contribution in [0.1, 0.15) is 27.7 Å². The van der Waals surface area contributed by atoms with E-state index in [1.807, 2.05) is 62.5 Å². The molecule has 2 nitrogen and oxygen atoms in total. The average molecular weight is 785 g/mol. The minimum atomic E-state index is 0.888. The topological polar surface area (TPSA) is 26.3 Å². The van der Waals surface area contributed by atoms with Crippen molar-refractivity contribution in [3.05, 3.63) is 170 Å². The number of benzene rings is 8. The third-order valence-corrected chi connectivity index (χ3v) is 13.3. The number of fused-ring (bicyclic) bond motifs is 12. The van der Waals surface area contributed by atoms with Crippen LogP contribution in [-0.4, -0.2) is 0 Å².